The molecule has 0 aliphatic carbocycles. The molecule has 0 saturated carbocycles. The van der Waals surface area contributed by atoms with E-state index in [1.54, 1.807) is 12.0 Å². The van der Waals surface area contributed by atoms with E-state index in [4.69, 9.17) is 4.74 Å². The molecular formula is C19H22FN3O4S. The first-order valence-electron chi connectivity index (χ1n) is 8.82. The van der Waals surface area contributed by atoms with Gasteiger partial charge in [0, 0.05) is 32.7 Å². The number of carbonyl (C=O) groups excluding carboxylic acids is 1. The topological polar surface area (TPSA) is 79.0 Å². The number of benzene rings is 2. The summed E-state index contributed by atoms with van der Waals surface area (Å²) < 4.78 is 45.4. The largest absolute Gasteiger partial charge is 0.497 e. The molecule has 0 bridgehead atoms. The summed E-state index contributed by atoms with van der Waals surface area (Å²) in [6, 6.07) is 12.4. The predicted molar refractivity (Wildman–Crippen MR) is 102 cm³/mol. The number of carbonyl (C=O) groups is 1. The van der Waals surface area contributed by atoms with E-state index >= 15 is 0 Å². The predicted octanol–water partition coefficient (Wildman–Crippen LogP) is 2.05. The van der Waals surface area contributed by atoms with Crippen LogP contribution in [-0.2, 0) is 16.6 Å². The summed E-state index contributed by atoms with van der Waals surface area (Å²) >= 11 is 0. The van der Waals surface area contributed by atoms with Crippen LogP contribution in [0.15, 0.2) is 53.4 Å². The standard InChI is InChI=1S/C19H22FN3O4S/c1-27-16-8-6-15(7-9-16)14-21-19(24)22-10-12-23(13-11-22)28(25,26)18-5-3-2-4-17(18)20/h2-9H,10-14H2,1H3,(H,21,24). The number of methoxy groups -OCH3 is 1. The van der Waals surface area contributed by atoms with E-state index in [-0.39, 0.29) is 37.1 Å². The number of nitrogens with zero attached hydrogens (tertiary/aromatic N) is 2. The van der Waals surface area contributed by atoms with Gasteiger partial charge in [0.1, 0.15) is 16.5 Å². The summed E-state index contributed by atoms with van der Waals surface area (Å²) in [5.41, 5.74) is 0.926. The fourth-order valence-electron chi connectivity index (χ4n) is 2.96. The van der Waals surface area contributed by atoms with Crippen LogP contribution in [0.5, 0.6) is 5.75 Å². The monoisotopic (exact) mass is 407 g/mol. The number of ether oxygens (including phenoxy) is 1. The first-order valence-corrected chi connectivity index (χ1v) is 10.3. The summed E-state index contributed by atoms with van der Waals surface area (Å²) in [5.74, 6) is -0.0376. The van der Waals surface area contributed by atoms with E-state index in [9.17, 15) is 17.6 Å². The maximum Gasteiger partial charge on any atom is 0.317 e. The molecule has 0 aromatic heterocycles. The summed E-state index contributed by atoms with van der Waals surface area (Å²) in [5, 5.41) is 2.82. The molecule has 0 unspecified atom stereocenters. The first kappa shape index (κ1) is 20.1. The fraction of sp³-hybridized carbons (Fsp3) is 0.316. The van der Waals surface area contributed by atoms with Crippen LogP contribution >= 0.6 is 0 Å². The quantitative estimate of drug-likeness (QED) is 0.823. The molecule has 9 heteroatoms. The molecule has 0 spiro atoms. The van der Waals surface area contributed by atoms with Crippen molar-refractivity contribution in [2.24, 2.45) is 0 Å². The Hall–Kier alpha value is -2.65. The van der Waals surface area contributed by atoms with Crippen molar-refractivity contribution in [3.63, 3.8) is 0 Å². The van der Waals surface area contributed by atoms with Gasteiger partial charge in [0.2, 0.25) is 10.0 Å². The van der Waals surface area contributed by atoms with Gasteiger partial charge in [-0.3, -0.25) is 0 Å². The molecule has 2 aromatic carbocycles. The molecule has 28 heavy (non-hydrogen) atoms. The zero-order valence-corrected chi connectivity index (χ0v) is 16.3. The van der Waals surface area contributed by atoms with Crippen molar-refractivity contribution in [1.82, 2.24) is 14.5 Å². The van der Waals surface area contributed by atoms with Crippen LogP contribution in [0.25, 0.3) is 0 Å². The Kier molecular flexibility index (Phi) is 6.15. The van der Waals surface area contributed by atoms with Crippen molar-refractivity contribution in [2.45, 2.75) is 11.4 Å². The molecular weight excluding hydrogens is 385 g/mol. The summed E-state index contributed by atoms with van der Waals surface area (Å²) in [4.78, 5) is 13.5. The second-order valence-corrected chi connectivity index (χ2v) is 8.23. The van der Waals surface area contributed by atoms with Crippen LogP contribution in [0.4, 0.5) is 9.18 Å². The van der Waals surface area contributed by atoms with Crippen molar-refractivity contribution in [3.8, 4) is 5.75 Å². The van der Waals surface area contributed by atoms with Crippen molar-refractivity contribution in [2.75, 3.05) is 33.3 Å². The number of sulfonamides is 1. The number of urea groups is 1. The van der Waals surface area contributed by atoms with Gasteiger partial charge in [-0.15, -0.1) is 0 Å². The number of hydrogen-bond acceptors (Lipinski definition) is 4. The lowest BCUT2D eigenvalue weighted by molar-refractivity contribution is 0.172. The highest BCUT2D eigenvalue weighted by Crippen LogP contribution is 2.20. The zero-order valence-electron chi connectivity index (χ0n) is 15.5. The summed E-state index contributed by atoms with van der Waals surface area (Å²) in [7, 11) is -2.33. The number of rotatable bonds is 5. The van der Waals surface area contributed by atoms with Crippen LogP contribution in [0.3, 0.4) is 0 Å². The van der Waals surface area contributed by atoms with Crippen molar-refractivity contribution in [3.05, 3.63) is 59.9 Å². The number of nitrogens with one attached hydrogen (secondary N) is 1. The average Bonchev–Trinajstić information content (AvgIpc) is 2.72. The third-order valence-corrected chi connectivity index (χ3v) is 6.52. The fourth-order valence-corrected chi connectivity index (χ4v) is 4.44. The number of amides is 2. The van der Waals surface area contributed by atoms with Gasteiger partial charge in [-0.25, -0.2) is 17.6 Å². The maximum atomic E-state index is 13.9. The smallest absolute Gasteiger partial charge is 0.317 e. The number of piperazine rings is 1. The Balaban J connectivity index is 1.54. The van der Waals surface area contributed by atoms with Gasteiger partial charge in [-0.2, -0.15) is 4.31 Å². The molecule has 1 saturated heterocycles. The molecule has 2 aromatic rings. The minimum Gasteiger partial charge on any atom is -0.497 e. The lowest BCUT2D eigenvalue weighted by Crippen LogP contribution is -2.53. The van der Waals surface area contributed by atoms with Crippen LogP contribution in [0.2, 0.25) is 0 Å². The van der Waals surface area contributed by atoms with E-state index in [2.05, 4.69) is 5.32 Å². The molecule has 0 radical (unpaired) electrons. The summed E-state index contributed by atoms with van der Waals surface area (Å²) in [6.07, 6.45) is 0. The molecule has 1 N–H and O–H groups in total. The van der Waals surface area contributed by atoms with Crippen molar-refractivity contribution < 1.29 is 22.3 Å². The highest BCUT2D eigenvalue weighted by Gasteiger charge is 2.31. The molecule has 2 amide bonds. The first-order chi connectivity index (χ1) is 13.4. The highest BCUT2D eigenvalue weighted by atomic mass is 32.2. The van der Waals surface area contributed by atoms with Crippen molar-refractivity contribution in [1.29, 1.82) is 0 Å². The van der Waals surface area contributed by atoms with Gasteiger partial charge in [0.05, 0.1) is 7.11 Å². The van der Waals surface area contributed by atoms with Gasteiger partial charge >= 0.3 is 6.03 Å². The zero-order chi connectivity index (χ0) is 20.1. The minimum absolute atomic E-state index is 0.118. The molecule has 0 atom stereocenters. The molecule has 1 aliphatic rings. The molecule has 150 valence electrons. The van der Waals surface area contributed by atoms with Gasteiger partial charge in [-0.05, 0) is 29.8 Å². The molecule has 7 nitrogen and oxygen atoms in total. The normalized spacial score (nSPS) is 15.3. The second-order valence-electron chi connectivity index (χ2n) is 6.33. The Morgan fingerprint density at radius 3 is 2.32 bits per heavy atom. The summed E-state index contributed by atoms with van der Waals surface area (Å²) in [6.45, 7) is 1.07. The Bertz CT molecular complexity index is 926. The third-order valence-electron chi connectivity index (χ3n) is 4.58. The Morgan fingerprint density at radius 2 is 1.71 bits per heavy atom. The molecule has 1 fully saturated rings. The molecule has 1 heterocycles. The van der Waals surface area contributed by atoms with E-state index in [1.807, 2.05) is 24.3 Å². The second kappa shape index (κ2) is 8.57. The van der Waals surface area contributed by atoms with Crippen LogP contribution < -0.4 is 10.1 Å². The van der Waals surface area contributed by atoms with Crippen LogP contribution in [0, 0.1) is 5.82 Å². The van der Waals surface area contributed by atoms with Crippen molar-refractivity contribution >= 4 is 16.1 Å². The van der Waals surface area contributed by atoms with E-state index in [0.29, 0.717) is 6.54 Å². The third kappa shape index (κ3) is 4.42. The van der Waals surface area contributed by atoms with Gasteiger partial charge in [0.15, 0.2) is 0 Å². The Labute approximate surface area is 163 Å². The lowest BCUT2D eigenvalue weighted by atomic mass is 10.2. The van der Waals surface area contributed by atoms with Gasteiger partial charge in [-0.1, -0.05) is 24.3 Å². The minimum atomic E-state index is -3.92. The SMILES string of the molecule is COc1ccc(CNC(=O)N2CCN(S(=O)(=O)c3ccccc3F)CC2)cc1. The Morgan fingerprint density at radius 1 is 1.07 bits per heavy atom. The maximum absolute atomic E-state index is 13.9. The molecule has 1 aliphatic heterocycles. The number of halogens is 1. The van der Waals surface area contributed by atoms with E-state index < -0.39 is 15.8 Å². The lowest BCUT2D eigenvalue weighted by Gasteiger charge is -2.34. The van der Waals surface area contributed by atoms with E-state index in [0.717, 1.165) is 17.4 Å². The van der Waals surface area contributed by atoms with Crippen LogP contribution in [-0.4, -0.2) is 56.9 Å². The van der Waals surface area contributed by atoms with E-state index in [1.165, 1.54) is 22.5 Å². The van der Waals surface area contributed by atoms with Gasteiger partial charge in [0.25, 0.3) is 0 Å². The molecule has 3 rings (SSSR count). The van der Waals surface area contributed by atoms with Gasteiger partial charge < -0.3 is 15.0 Å². The average molecular weight is 407 g/mol. The number of hydrogen-bond donors (Lipinski definition) is 1. The van der Waals surface area contributed by atoms with Crippen LogP contribution in [0.1, 0.15) is 5.56 Å². The highest BCUT2D eigenvalue weighted by molar-refractivity contribution is 7.89.